The summed E-state index contributed by atoms with van der Waals surface area (Å²) in [6.07, 6.45) is 3.45. The standard InChI is InChI=1S/C10H14N2OS/c1-4-5-8-10(14-12-11-8)9(13)6-7(2)3/h6H,4-5H2,1-3H3. The fraction of sp³-hybridized carbons (Fsp3) is 0.500. The van der Waals surface area contributed by atoms with Gasteiger partial charge in [-0.1, -0.05) is 23.4 Å². The fourth-order valence-electron chi connectivity index (χ4n) is 1.12. The van der Waals surface area contributed by atoms with E-state index in [9.17, 15) is 4.79 Å². The largest absolute Gasteiger partial charge is 0.288 e. The lowest BCUT2D eigenvalue weighted by atomic mass is 10.1. The van der Waals surface area contributed by atoms with Gasteiger partial charge in [-0.25, -0.2) is 0 Å². The van der Waals surface area contributed by atoms with Crippen molar-refractivity contribution < 1.29 is 4.79 Å². The Morgan fingerprint density at radius 2 is 2.21 bits per heavy atom. The first-order valence-corrected chi connectivity index (χ1v) is 5.43. The molecule has 0 fully saturated rings. The quantitative estimate of drug-likeness (QED) is 0.566. The predicted molar refractivity (Wildman–Crippen MR) is 57.7 cm³/mol. The first-order valence-electron chi connectivity index (χ1n) is 4.65. The molecular formula is C10H14N2OS. The molecule has 0 aliphatic carbocycles. The van der Waals surface area contributed by atoms with Gasteiger partial charge < -0.3 is 0 Å². The van der Waals surface area contributed by atoms with Crippen LogP contribution in [0.15, 0.2) is 11.6 Å². The van der Waals surface area contributed by atoms with Crippen molar-refractivity contribution in [3.63, 3.8) is 0 Å². The molecule has 0 aromatic carbocycles. The van der Waals surface area contributed by atoms with Crippen LogP contribution in [-0.2, 0) is 6.42 Å². The third-order valence-corrected chi connectivity index (χ3v) is 2.47. The average molecular weight is 210 g/mol. The summed E-state index contributed by atoms with van der Waals surface area (Å²) in [5.74, 6) is 0.0310. The highest BCUT2D eigenvalue weighted by atomic mass is 32.1. The molecule has 0 atom stereocenters. The Balaban J connectivity index is 2.89. The van der Waals surface area contributed by atoms with E-state index in [1.807, 2.05) is 13.8 Å². The number of nitrogens with zero attached hydrogens (tertiary/aromatic N) is 2. The lowest BCUT2D eigenvalue weighted by Gasteiger charge is -1.94. The molecule has 0 saturated heterocycles. The molecule has 0 amide bonds. The minimum atomic E-state index is 0.0310. The summed E-state index contributed by atoms with van der Waals surface area (Å²) in [6, 6.07) is 0. The highest BCUT2D eigenvalue weighted by molar-refractivity contribution is 7.08. The zero-order chi connectivity index (χ0) is 10.6. The van der Waals surface area contributed by atoms with E-state index < -0.39 is 0 Å². The molecule has 0 unspecified atom stereocenters. The highest BCUT2D eigenvalue weighted by Gasteiger charge is 2.12. The molecule has 0 N–H and O–H groups in total. The van der Waals surface area contributed by atoms with Gasteiger partial charge in [0.2, 0.25) is 0 Å². The number of rotatable bonds is 4. The molecular weight excluding hydrogens is 196 g/mol. The molecule has 14 heavy (non-hydrogen) atoms. The molecule has 0 aliphatic rings. The molecule has 0 aliphatic heterocycles. The van der Waals surface area contributed by atoms with Gasteiger partial charge in [0, 0.05) is 0 Å². The van der Waals surface area contributed by atoms with E-state index >= 15 is 0 Å². The molecule has 1 aromatic heterocycles. The van der Waals surface area contributed by atoms with Crippen molar-refractivity contribution in [2.75, 3.05) is 0 Å². The van der Waals surface area contributed by atoms with Crippen LogP contribution in [0.5, 0.6) is 0 Å². The number of carbonyl (C=O) groups is 1. The van der Waals surface area contributed by atoms with Gasteiger partial charge in [-0.2, -0.15) is 0 Å². The van der Waals surface area contributed by atoms with Crippen molar-refractivity contribution in [2.24, 2.45) is 0 Å². The first kappa shape index (κ1) is 11.0. The Bertz CT molecular complexity index is 351. The normalized spacial score (nSPS) is 9.93. The number of hydrogen-bond donors (Lipinski definition) is 0. The number of aryl methyl sites for hydroxylation is 1. The summed E-state index contributed by atoms with van der Waals surface area (Å²) in [6.45, 7) is 5.88. The van der Waals surface area contributed by atoms with E-state index in [4.69, 9.17) is 0 Å². The second-order valence-corrected chi connectivity index (χ2v) is 4.14. The fourth-order valence-corrected chi connectivity index (χ4v) is 1.74. The van der Waals surface area contributed by atoms with Gasteiger partial charge in [-0.3, -0.25) is 4.79 Å². The Morgan fingerprint density at radius 3 is 2.79 bits per heavy atom. The lowest BCUT2D eigenvalue weighted by molar-refractivity contribution is 0.104. The van der Waals surface area contributed by atoms with Crippen LogP contribution >= 0.6 is 11.5 Å². The van der Waals surface area contributed by atoms with Gasteiger partial charge in [0.25, 0.3) is 0 Å². The first-order chi connectivity index (χ1) is 6.65. The van der Waals surface area contributed by atoms with Gasteiger partial charge in [0.1, 0.15) is 4.88 Å². The summed E-state index contributed by atoms with van der Waals surface area (Å²) in [5.41, 5.74) is 1.84. The van der Waals surface area contributed by atoms with Crippen molar-refractivity contribution >= 4 is 17.3 Å². The molecule has 4 heteroatoms. The second kappa shape index (κ2) is 5.00. The summed E-state index contributed by atoms with van der Waals surface area (Å²) in [4.78, 5) is 12.4. The third-order valence-electron chi connectivity index (χ3n) is 1.69. The SMILES string of the molecule is CCCc1nnsc1C(=O)C=C(C)C. The maximum absolute atomic E-state index is 11.7. The molecule has 3 nitrogen and oxygen atoms in total. The van der Waals surface area contributed by atoms with Crippen molar-refractivity contribution in [3.8, 4) is 0 Å². The summed E-state index contributed by atoms with van der Waals surface area (Å²) < 4.78 is 3.81. The maximum Gasteiger partial charge on any atom is 0.199 e. The highest BCUT2D eigenvalue weighted by Crippen LogP contribution is 2.14. The number of ketones is 1. The van der Waals surface area contributed by atoms with Crippen LogP contribution in [0.4, 0.5) is 0 Å². The van der Waals surface area contributed by atoms with Gasteiger partial charge in [-0.05, 0) is 37.9 Å². The molecule has 0 bridgehead atoms. The molecule has 1 rings (SSSR count). The minimum absolute atomic E-state index is 0.0310. The van der Waals surface area contributed by atoms with E-state index in [1.165, 1.54) is 11.5 Å². The van der Waals surface area contributed by atoms with Gasteiger partial charge in [-0.15, -0.1) is 5.10 Å². The summed E-state index contributed by atoms with van der Waals surface area (Å²) in [7, 11) is 0. The van der Waals surface area contributed by atoms with Gasteiger partial charge in [0.05, 0.1) is 5.69 Å². The average Bonchev–Trinajstić information content (AvgIpc) is 2.51. The van der Waals surface area contributed by atoms with Gasteiger partial charge >= 0.3 is 0 Å². The molecule has 1 aromatic rings. The Hall–Kier alpha value is -1.03. The number of hydrogen-bond acceptors (Lipinski definition) is 4. The Morgan fingerprint density at radius 1 is 1.50 bits per heavy atom. The van der Waals surface area contributed by atoms with Crippen LogP contribution < -0.4 is 0 Å². The smallest absolute Gasteiger partial charge is 0.199 e. The van der Waals surface area contributed by atoms with Crippen molar-refractivity contribution in [3.05, 3.63) is 22.2 Å². The zero-order valence-corrected chi connectivity index (χ0v) is 9.52. The van der Waals surface area contributed by atoms with Crippen LogP contribution in [0, 0.1) is 0 Å². The summed E-state index contributed by atoms with van der Waals surface area (Å²) >= 11 is 1.18. The van der Waals surface area contributed by atoms with Gasteiger partial charge in [0.15, 0.2) is 5.78 Å². The van der Waals surface area contributed by atoms with E-state index in [0.29, 0.717) is 4.88 Å². The van der Waals surface area contributed by atoms with E-state index in [0.717, 1.165) is 24.1 Å². The number of allylic oxidation sites excluding steroid dienone is 2. The predicted octanol–water partition coefficient (Wildman–Crippen LogP) is 2.64. The van der Waals surface area contributed by atoms with Crippen LogP contribution in [0.3, 0.4) is 0 Å². The van der Waals surface area contributed by atoms with Crippen LogP contribution in [0.1, 0.15) is 42.6 Å². The third kappa shape index (κ3) is 2.73. The minimum Gasteiger partial charge on any atom is -0.288 e. The molecule has 0 saturated carbocycles. The maximum atomic E-state index is 11.7. The van der Waals surface area contributed by atoms with Crippen molar-refractivity contribution in [1.82, 2.24) is 9.59 Å². The molecule has 76 valence electrons. The van der Waals surface area contributed by atoms with Crippen molar-refractivity contribution in [1.29, 1.82) is 0 Å². The van der Waals surface area contributed by atoms with Crippen LogP contribution in [0.25, 0.3) is 0 Å². The molecule has 0 radical (unpaired) electrons. The summed E-state index contributed by atoms with van der Waals surface area (Å²) in [5, 5.41) is 3.95. The Kier molecular flexibility index (Phi) is 3.95. The molecule has 1 heterocycles. The van der Waals surface area contributed by atoms with Crippen LogP contribution in [0.2, 0.25) is 0 Å². The van der Waals surface area contributed by atoms with E-state index in [-0.39, 0.29) is 5.78 Å². The zero-order valence-electron chi connectivity index (χ0n) is 8.70. The second-order valence-electron chi connectivity index (χ2n) is 3.38. The number of aromatic nitrogens is 2. The van der Waals surface area contributed by atoms with Crippen LogP contribution in [-0.4, -0.2) is 15.4 Å². The lowest BCUT2D eigenvalue weighted by Crippen LogP contribution is -1.97. The monoisotopic (exact) mass is 210 g/mol. The Labute approximate surface area is 88.0 Å². The number of carbonyl (C=O) groups excluding carboxylic acids is 1. The molecule has 0 spiro atoms. The van der Waals surface area contributed by atoms with E-state index in [2.05, 4.69) is 16.5 Å². The topological polar surface area (TPSA) is 42.9 Å². The van der Waals surface area contributed by atoms with E-state index in [1.54, 1.807) is 6.08 Å². The van der Waals surface area contributed by atoms with Crippen molar-refractivity contribution in [2.45, 2.75) is 33.6 Å².